The van der Waals surface area contributed by atoms with E-state index < -0.39 is 12.0 Å². The Kier molecular flexibility index (Phi) is 7.39. The van der Waals surface area contributed by atoms with E-state index in [1.807, 2.05) is 0 Å². The summed E-state index contributed by atoms with van der Waals surface area (Å²) in [5.74, 6) is -0.384. The first-order chi connectivity index (χ1) is 7.78. The molecule has 0 aromatic heterocycles. The summed E-state index contributed by atoms with van der Waals surface area (Å²) in [4.78, 5) is 10.6. The molecular weight excluding hydrogens is 218 g/mol. The van der Waals surface area contributed by atoms with Crippen LogP contribution in [-0.2, 0) is 9.53 Å². The molecule has 0 bridgehead atoms. The Bertz CT molecular complexity index is 229. The second kappa shape index (κ2) is 7.67. The minimum absolute atomic E-state index is 0.0583. The van der Waals surface area contributed by atoms with Crippen molar-refractivity contribution in [2.24, 2.45) is 11.7 Å². The predicted octanol–water partition coefficient (Wildman–Crippen LogP) is 2.41. The first-order valence-corrected chi connectivity index (χ1v) is 6.32. The number of carboxylic acid groups (broad SMARTS) is 1. The third-order valence-electron chi connectivity index (χ3n) is 3.32. The van der Waals surface area contributed by atoms with Gasteiger partial charge in [0.1, 0.15) is 6.04 Å². The number of nitrogens with two attached hydrogens (primary N) is 1. The Morgan fingerprint density at radius 1 is 1.35 bits per heavy atom. The van der Waals surface area contributed by atoms with E-state index in [4.69, 9.17) is 15.6 Å². The number of ether oxygens (including phenoxy) is 1. The summed E-state index contributed by atoms with van der Waals surface area (Å²) in [6.45, 7) is 6.31. The number of hydrogen-bond donors (Lipinski definition) is 2. The maximum atomic E-state index is 10.6. The van der Waals surface area contributed by atoms with Gasteiger partial charge in [0.05, 0.1) is 5.60 Å². The highest BCUT2D eigenvalue weighted by Crippen LogP contribution is 2.21. The molecule has 0 heterocycles. The second-order valence-corrected chi connectivity index (χ2v) is 5.48. The second-order valence-electron chi connectivity index (χ2n) is 5.48. The molecule has 0 aromatic rings. The van der Waals surface area contributed by atoms with Crippen molar-refractivity contribution in [3.63, 3.8) is 0 Å². The van der Waals surface area contributed by atoms with Crippen LogP contribution in [0.2, 0.25) is 0 Å². The lowest BCUT2D eigenvalue weighted by Gasteiger charge is -2.23. The molecule has 0 saturated carbocycles. The zero-order valence-electron chi connectivity index (χ0n) is 11.5. The minimum atomic E-state index is -0.905. The van der Waals surface area contributed by atoms with Gasteiger partial charge in [0.25, 0.3) is 0 Å². The number of aliphatic carboxylic acids is 1. The lowest BCUT2D eigenvalue weighted by molar-refractivity contribution is -0.138. The van der Waals surface area contributed by atoms with Gasteiger partial charge in [0.15, 0.2) is 0 Å². The van der Waals surface area contributed by atoms with E-state index in [-0.39, 0.29) is 5.60 Å². The van der Waals surface area contributed by atoms with E-state index in [1.165, 1.54) is 0 Å². The van der Waals surface area contributed by atoms with E-state index in [2.05, 4.69) is 20.8 Å². The molecule has 0 rings (SSSR count). The number of rotatable bonds is 9. The number of carboxylic acids is 1. The summed E-state index contributed by atoms with van der Waals surface area (Å²) >= 11 is 0. The normalized spacial score (nSPS) is 15.6. The van der Waals surface area contributed by atoms with Gasteiger partial charge in [-0.15, -0.1) is 0 Å². The molecule has 0 spiro atoms. The van der Waals surface area contributed by atoms with E-state index in [0.29, 0.717) is 12.3 Å². The molecule has 0 aliphatic heterocycles. The van der Waals surface area contributed by atoms with Gasteiger partial charge in [-0.25, -0.2) is 0 Å². The lowest BCUT2D eigenvalue weighted by Crippen LogP contribution is -2.30. The number of hydrogen-bond acceptors (Lipinski definition) is 3. The van der Waals surface area contributed by atoms with E-state index in [9.17, 15) is 4.79 Å². The molecule has 3 N–H and O–H groups in total. The van der Waals surface area contributed by atoms with Crippen molar-refractivity contribution in [2.75, 3.05) is 7.11 Å². The fourth-order valence-electron chi connectivity index (χ4n) is 1.71. The van der Waals surface area contributed by atoms with Gasteiger partial charge in [-0.2, -0.15) is 0 Å². The van der Waals surface area contributed by atoms with Crippen LogP contribution in [-0.4, -0.2) is 29.8 Å². The van der Waals surface area contributed by atoms with Gasteiger partial charge < -0.3 is 15.6 Å². The van der Waals surface area contributed by atoms with Gasteiger partial charge in [-0.1, -0.05) is 19.8 Å². The molecule has 0 radical (unpaired) electrons. The first-order valence-electron chi connectivity index (χ1n) is 6.32. The van der Waals surface area contributed by atoms with Crippen molar-refractivity contribution in [1.29, 1.82) is 0 Å². The summed E-state index contributed by atoms with van der Waals surface area (Å²) in [6, 6.07) is -0.715. The van der Waals surface area contributed by atoms with Gasteiger partial charge in [0.2, 0.25) is 0 Å². The SMILES string of the molecule is COC(C)(C)CCCC(C)CCC(N)C(=O)O. The highest BCUT2D eigenvalue weighted by molar-refractivity contribution is 5.72. The molecule has 4 heteroatoms. The van der Waals surface area contributed by atoms with Gasteiger partial charge >= 0.3 is 5.97 Å². The third kappa shape index (κ3) is 8.16. The summed E-state index contributed by atoms with van der Waals surface area (Å²) in [5.41, 5.74) is 5.41. The zero-order valence-corrected chi connectivity index (χ0v) is 11.5. The van der Waals surface area contributed by atoms with Gasteiger partial charge in [0, 0.05) is 7.11 Å². The molecule has 4 nitrogen and oxygen atoms in total. The quantitative estimate of drug-likeness (QED) is 0.654. The zero-order chi connectivity index (χ0) is 13.5. The van der Waals surface area contributed by atoms with Gasteiger partial charge in [-0.05, 0) is 39.0 Å². The topological polar surface area (TPSA) is 72.5 Å². The van der Waals surface area contributed by atoms with Crippen molar-refractivity contribution < 1.29 is 14.6 Å². The highest BCUT2D eigenvalue weighted by atomic mass is 16.5. The average molecular weight is 245 g/mol. The minimum Gasteiger partial charge on any atom is -0.480 e. The van der Waals surface area contributed by atoms with E-state index in [0.717, 1.165) is 25.7 Å². The molecule has 0 aliphatic carbocycles. The Morgan fingerprint density at radius 3 is 2.41 bits per heavy atom. The lowest BCUT2D eigenvalue weighted by atomic mass is 9.93. The Morgan fingerprint density at radius 2 is 1.94 bits per heavy atom. The van der Waals surface area contributed by atoms with Crippen LogP contribution in [0.1, 0.15) is 52.9 Å². The molecule has 17 heavy (non-hydrogen) atoms. The standard InChI is InChI=1S/C13H27NO3/c1-10(7-8-11(14)12(15)16)6-5-9-13(2,3)17-4/h10-11H,5-9,14H2,1-4H3,(H,15,16). The largest absolute Gasteiger partial charge is 0.480 e. The Balaban J connectivity index is 3.67. The van der Waals surface area contributed by atoms with Crippen molar-refractivity contribution in [3.8, 4) is 0 Å². The molecule has 0 aliphatic rings. The summed E-state index contributed by atoms with van der Waals surface area (Å²) in [5, 5.41) is 8.67. The van der Waals surface area contributed by atoms with Crippen LogP contribution in [0.15, 0.2) is 0 Å². The maximum absolute atomic E-state index is 10.6. The molecule has 102 valence electrons. The molecule has 0 fully saturated rings. The fourth-order valence-corrected chi connectivity index (χ4v) is 1.71. The monoisotopic (exact) mass is 245 g/mol. The van der Waals surface area contributed by atoms with Crippen LogP contribution in [0, 0.1) is 5.92 Å². The van der Waals surface area contributed by atoms with E-state index >= 15 is 0 Å². The summed E-state index contributed by atoms with van der Waals surface area (Å²) in [7, 11) is 1.73. The number of carbonyl (C=O) groups is 1. The maximum Gasteiger partial charge on any atom is 0.320 e. The Labute approximate surface area is 105 Å². The molecule has 0 aromatic carbocycles. The predicted molar refractivity (Wildman–Crippen MR) is 68.9 cm³/mol. The third-order valence-corrected chi connectivity index (χ3v) is 3.32. The van der Waals surface area contributed by atoms with Crippen molar-refractivity contribution in [2.45, 2.75) is 64.5 Å². The van der Waals surface area contributed by atoms with Crippen molar-refractivity contribution in [1.82, 2.24) is 0 Å². The van der Waals surface area contributed by atoms with Crippen LogP contribution in [0.25, 0.3) is 0 Å². The van der Waals surface area contributed by atoms with Crippen LogP contribution >= 0.6 is 0 Å². The smallest absolute Gasteiger partial charge is 0.320 e. The van der Waals surface area contributed by atoms with Crippen LogP contribution in [0.4, 0.5) is 0 Å². The van der Waals surface area contributed by atoms with Crippen LogP contribution in [0.5, 0.6) is 0 Å². The summed E-state index contributed by atoms with van der Waals surface area (Å²) in [6.07, 6.45) is 4.66. The van der Waals surface area contributed by atoms with E-state index in [1.54, 1.807) is 7.11 Å². The molecule has 2 atom stereocenters. The fraction of sp³-hybridized carbons (Fsp3) is 0.923. The van der Waals surface area contributed by atoms with Crippen molar-refractivity contribution in [3.05, 3.63) is 0 Å². The molecule has 0 saturated heterocycles. The van der Waals surface area contributed by atoms with Crippen molar-refractivity contribution >= 4 is 5.97 Å². The number of methoxy groups -OCH3 is 1. The Hall–Kier alpha value is -0.610. The molecule has 2 unspecified atom stereocenters. The van der Waals surface area contributed by atoms with Gasteiger partial charge in [-0.3, -0.25) is 4.79 Å². The van der Waals surface area contributed by atoms with Crippen LogP contribution < -0.4 is 5.73 Å². The van der Waals surface area contributed by atoms with Crippen LogP contribution in [0.3, 0.4) is 0 Å². The molecular formula is C13H27NO3. The highest BCUT2D eigenvalue weighted by Gasteiger charge is 2.17. The summed E-state index contributed by atoms with van der Waals surface area (Å²) < 4.78 is 5.35. The average Bonchev–Trinajstić information content (AvgIpc) is 2.25. The molecule has 0 amide bonds. The first kappa shape index (κ1) is 16.4.